The molecule has 66 valence electrons. The zero-order valence-corrected chi connectivity index (χ0v) is 6.85. The van der Waals surface area contributed by atoms with E-state index in [0.29, 0.717) is 12.8 Å². The fourth-order valence-corrected chi connectivity index (χ4v) is 0.879. The molecule has 0 aliphatic rings. The molecule has 0 bridgehead atoms. The number of unbranched alkanes of at least 4 members (excludes halogenated alkanes) is 2. The number of carbonyl (C=O) groups is 1. The molecule has 1 atom stereocenters. The van der Waals surface area contributed by atoms with Gasteiger partial charge in [-0.1, -0.05) is 12.8 Å². The van der Waals surface area contributed by atoms with Gasteiger partial charge in [0.25, 0.3) is 0 Å². The van der Waals surface area contributed by atoms with Gasteiger partial charge in [0.2, 0.25) is 0 Å². The molecule has 3 heteroatoms. The second-order valence-electron chi connectivity index (χ2n) is 2.77. The zero-order valence-electron chi connectivity index (χ0n) is 6.85. The number of rotatable bonds is 6. The molecule has 0 aliphatic carbocycles. The second kappa shape index (κ2) is 6.13. The van der Waals surface area contributed by atoms with Crippen molar-refractivity contribution in [1.82, 2.24) is 0 Å². The molecule has 11 heavy (non-hydrogen) atoms. The molecule has 0 amide bonds. The number of hydrogen-bond acceptors (Lipinski definition) is 1. The van der Waals surface area contributed by atoms with Crippen molar-refractivity contribution in [2.45, 2.75) is 45.2 Å². The quantitative estimate of drug-likeness (QED) is 0.609. The monoisotopic (exact) mass is 162 g/mol. The maximum Gasteiger partial charge on any atom is 0.303 e. The first-order valence-electron chi connectivity index (χ1n) is 3.99. The van der Waals surface area contributed by atoms with Crippen LogP contribution in [0.25, 0.3) is 0 Å². The number of halogens is 1. The summed E-state index contributed by atoms with van der Waals surface area (Å²) >= 11 is 0. The van der Waals surface area contributed by atoms with Crippen molar-refractivity contribution in [2.75, 3.05) is 0 Å². The molecule has 0 aliphatic heterocycles. The summed E-state index contributed by atoms with van der Waals surface area (Å²) in [5, 5.41) is 8.25. The summed E-state index contributed by atoms with van der Waals surface area (Å²) < 4.78 is 12.2. The predicted octanol–water partition coefficient (Wildman–Crippen LogP) is 2.38. The Kier molecular flexibility index (Phi) is 5.80. The normalized spacial score (nSPS) is 12.9. The van der Waals surface area contributed by atoms with E-state index in [2.05, 4.69) is 0 Å². The van der Waals surface area contributed by atoms with Crippen LogP contribution in [0.2, 0.25) is 0 Å². The Labute approximate surface area is 66.4 Å². The summed E-state index contributed by atoms with van der Waals surface area (Å²) in [5.74, 6) is -0.765. The number of alkyl halides is 1. The van der Waals surface area contributed by atoms with Crippen LogP contribution < -0.4 is 0 Å². The Bertz CT molecular complexity index is 113. The molecule has 0 rings (SSSR count). The van der Waals surface area contributed by atoms with Gasteiger partial charge in [-0.2, -0.15) is 0 Å². The van der Waals surface area contributed by atoms with Gasteiger partial charge in [-0.05, 0) is 19.8 Å². The van der Waals surface area contributed by atoms with E-state index in [1.54, 1.807) is 0 Å². The van der Waals surface area contributed by atoms with Crippen LogP contribution in [0.3, 0.4) is 0 Å². The van der Waals surface area contributed by atoms with Crippen molar-refractivity contribution in [2.24, 2.45) is 0 Å². The smallest absolute Gasteiger partial charge is 0.303 e. The van der Waals surface area contributed by atoms with E-state index in [1.165, 1.54) is 6.92 Å². The van der Waals surface area contributed by atoms with E-state index < -0.39 is 12.1 Å². The van der Waals surface area contributed by atoms with E-state index in [4.69, 9.17) is 5.11 Å². The van der Waals surface area contributed by atoms with Gasteiger partial charge >= 0.3 is 5.97 Å². The highest BCUT2D eigenvalue weighted by molar-refractivity contribution is 5.66. The van der Waals surface area contributed by atoms with E-state index in [0.717, 1.165) is 12.8 Å². The molecule has 0 spiro atoms. The van der Waals surface area contributed by atoms with Crippen LogP contribution in [0.15, 0.2) is 0 Å². The maximum absolute atomic E-state index is 12.2. The summed E-state index contributed by atoms with van der Waals surface area (Å²) in [7, 11) is 0. The molecule has 2 nitrogen and oxygen atoms in total. The molecular weight excluding hydrogens is 147 g/mol. The lowest BCUT2D eigenvalue weighted by molar-refractivity contribution is -0.137. The highest BCUT2D eigenvalue weighted by Gasteiger charge is 1.99. The fourth-order valence-electron chi connectivity index (χ4n) is 0.879. The fraction of sp³-hybridized carbons (Fsp3) is 0.875. The molecule has 0 aromatic carbocycles. The summed E-state index contributed by atoms with van der Waals surface area (Å²) in [6.07, 6.45) is 2.30. The molecular formula is C8H15FO2. The largest absolute Gasteiger partial charge is 0.481 e. The Morgan fingerprint density at radius 1 is 1.45 bits per heavy atom. The van der Waals surface area contributed by atoms with Gasteiger partial charge < -0.3 is 5.11 Å². The van der Waals surface area contributed by atoms with Gasteiger partial charge in [0.1, 0.15) is 0 Å². The van der Waals surface area contributed by atoms with Crippen LogP contribution in [0.1, 0.15) is 39.0 Å². The van der Waals surface area contributed by atoms with Gasteiger partial charge in [-0.15, -0.1) is 0 Å². The molecule has 0 saturated carbocycles. The van der Waals surface area contributed by atoms with Crippen molar-refractivity contribution >= 4 is 5.97 Å². The lowest BCUT2D eigenvalue weighted by atomic mass is 10.1. The highest BCUT2D eigenvalue weighted by Crippen LogP contribution is 2.07. The van der Waals surface area contributed by atoms with E-state index >= 15 is 0 Å². The van der Waals surface area contributed by atoms with Gasteiger partial charge in [0.15, 0.2) is 0 Å². The first-order chi connectivity index (χ1) is 5.13. The van der Waals surface area contributed by atoms with E-state index in [-0.39, 0.29) is 6.42 Å². The number of carboxylic acids is 1. The molecule has 0 radical (unpaired) electrons. The predicted molar refractivity (Wildman–Crippen MR) is 41.3 cm³/mol. The topological polar surface area (TPSA) is 37.3 Å². The number of carboxylic acid groups (broad SMARTS) is 1. The van der Waals surface area contributed by atoms with Crippen molar-refractivity contribution in [3.05, 3.63) is 0 Å². The third kappa shape index (κ3) is 9.40. The third-order valence-corrected chi connectivity index (χ3v) is 1.49. The Morgan fingerprint density at radius 3 is 2.55 bits per heavy atom. The zero-order chi connectivity index (χ0) is 8.69. The first kappa shape index (κ1) is 10.4. The average Bonchev–Trinajstić information content (AvgIpc) is 1.85. The lowest BCUT2D eigenvalue weighted by Gasteiger charge is -1.99. The van der Waals surface area contributed by atoms with Gasteiger partial charge in [0, 0.05) is 6.42 Å². The van der Waals surface area contributed by atoms with Crippen molar-refractivity contribution in [1.29, 1.82) is 0 Å². The minimum atomic E-state index is -0.765. The van der Waals surface area contributed by atoms with Crippen LogP contribution in [-0.4, -0.2) is 17.2 Å². The van der Waals surface area contributed by atoms with E-state index in [1.807, 2.05) is 0 Å². The molecule has 1 N–H and O–H groups in total. The van der Waals surface area contributed by atoms with Crippen molar-refractivity contribution in [3.8, 4) is 0 Å². The van der Waals surface area contributed by atoms with Crippen LogP contribution >= 0.6 is 0 Å². The van der Waals surface area contributed by atoms with Crippen LogP contribution in [0.5, 0.6) is 0 Å². The third-order valence-electron chi connectivity index (χ3n) is 1.49. The van der Waals surface area contributed by atoms with Crippen molar-refractivity contribution in [3.63, 3.8) is 0 Å². The summed E-state index contributed by atoms with van der Waals surface area (Å²) in [4.78, 5) is 10.0. The lowest BCUT2D eigenvalue weighted by Crippen LogP contribution is -1.95. The molecule has 0 aromatic rings. The van der Waals surface area contributed by atoms with Crippen LogP contribution in [0, 0.1) is 0 Å². The molecule has 1 unspecified atom stereocenters. The minimum Gasteiger partial charge on any atom is -0.481 e. The first-order valence-corrected chi connectivity index (χ1v) is 3.99. The average molecular weight is 162 g/mol. The highest BCUT2D eigenvalue weighted by atomic mass is 19.1. The SMILES string of the molecule is CC(F)CCCCCC(=O)O. The molecule has 0 fully saturated rings. The van der Waals surface area contributed by atoms with Crippen LogP contribution in [-0.2, 0) is 4.79 Å². The summed E-state index contributed by atoms with van der Waals surface area (Å²) in [6.45, 7) is 1.52. The van der Waals surface area contributed by atoms with Gasteiger partial charge in [-0.25, -0.2) is 4.39 Å². The molecule has 0 saturated heterocycles. The number of aliphatic carboxylic acids is 1. The molecule has 0 aromatic heterocycles. The van der Waals surface area contributed by atoms with Crippen LogP contribution in [0.4, 0.5) is 4.39 Å². The molecule has 0 heterocycles. The Morgan fingerprint density at radius 2 is 2.09 bits per heavy atom. The summed E-state index contributed by atoms with van der Waals surface area (Å²) in [6, 6.07) is 0. The summed E-state index contributed by atoms with van der Waals surface area (Å²) in [5.41, 5.74) is 0. The Balaban J connectivity index is 2.97. The Hall–Kier alpha value is -0.600. The minimum absolute atomic E-state index is 0.209. The second-order valence-corrected chi connectivity index (χ2v) is 2.77. The van der Waals surface area contributed by atoms with Gasteiger partial charge in [0.05, 0.1) is 6.17 Å². The maximum atomic E-state index is 12.2. The number of hydrogen-bond donors (Lipinski definition) is 1. The van der Waals surface area contributed by atoms with Crippen molar-refractivity contribution < 1.29 is 14.3 Å². The van der Waals surface area contributed by atoms with Gasteiger partial charge in [-0.3, -0.25) is 4.79 Å². The standard InChI is InChI=1S/C8H15FO2/c1-7(9)5-3-2-4-6-8(10)11/h7H,2-6H2,1H3,(H,10,11). The van der Waals surface area contributed by atoms with E-state index in [9.17, 15) is 9.18 Å².